The number of halogens is 1. The number of anilines is 2. The smallest absolute Gasteiger partial charge is 0.171 e. The summed E-state index contributed by atoms with van der Waals surface area (Å²) in [5, 5.41) is 21.1. The summed E-state index contributed by atoms with van der Waals surface area (Å²) in [4.78, 5) is 0. The quantitative estimate of drug-likeness (QED) is 0.822. The van der Waals surface area contributed by atoms with E-state index in [2.05, 4.69) is 44.2 Å². The minimum Gasteiger partial charge on any atom is -0.337 e. The average Bonchev–Trinajstić information content (AvgIpc) is 2.48. The summed E-state index contributed by atoms with van der Waals surface area (Å²) in [5.74, 6) is 0.533. The number of hydrogen-bond acceptors (Lipinski definition) is 4. The minimum absolute atomic E-state index is 0.533. The molecule has 1 heterocycles. The normalized spacial score (nSPS) is 10.1. The van der Waals surface area contributed by atoms with Crippen molar-refractivity contribution < 1.29 is 0 Å². The molecule has 1 aromatic heterocycles. The molecular weight excluding hydrogens is 363 g/mol. The number of benzene rings is 1. The highest BCUT2D eigenvalue weighted by Crippen LogP contribution is 2.25. The molecule has 0 bridgehead atoms. The number of nitrogens with one attached hydrogen (secondary N) is 1. The van der Waals surface area contributed by atoms with Gasteiger partial charge in [-0.2, -0.15) is 10.4 Å². The third-order valence-electron chi connectivity index (χ3n) is 3.08. The zero-order valence-electron chi connectivity index (χ0n) is 11.4. The number of para-hydroxylation sites is 1. The Labute approximate surface area is 132 Å². The van der Waals surface area contributed by atoms with Crippen molar-refractivity contribution in [2.75, 3.05) is 5.32 Å². The highest BCUT2D eigenvalue weighted by Gasteiger charge is 2.14. The van der Waals surface area contributed by atoms with Gasteiger partial charge in [-0.15, -0.1) is 5.10 Å². The molecule has 2 rings (SSSR count). The highest BCUT2D eigenvalue weighted by atomic mass is 127. The molecule has 0 aliphatic heterocycles. The molecule has 20 heavy (non-hydrogen) atoms. The molecule has 102 valence electrons. The van der Waals surface area contributed by atoms with Gasteiger partial charge in [0.15, 0.2) is 5.82 Å². The molecule has 1 N–H and O–H groups in total. The fourth-order valence-electron chi connectivity index (χ4n) is 2.07. The van der Waals surface area contributed by atoms with Gasteiger partial charge in [0.1, 0.15) is 11.6 Å². The molecular formula is C15H15IN4. The first kappa shape index (κ1) is 14.7. The van der Waals surface area contributed by atoms with Gasteiger partial charge in [-0.25, -0.2) is 0 Å². The Morgan fingerprint density at radius 1 is 1.20 bits per heavy atom. The van der Waals surface area contributed by atoms with E-state index in [1.165, 1.54) is 0 Å². The molecule has 0 aliphatic rings. The fraction of sp³-hybridized carbons (Fsp3) is 0.267. The van der Waals surface area contributed by atoms with Crippen molar-refractivity contribution >= 4 is 34.1 Å². The maximum absolute atomic E-state index is 9.44. The van der Waals surface area contributed by atoms with Gasteiger partial charge < -0.3 is 5.32 Å². The molecule has 0 atom stereocenters. The zero-order valence-corrected chi connectivity index (χ0v) is 13.6. The van der Waals surface area contributed by atoms with Gasteiger partial charge in [-0.1, -0.05) is 26.0 Å². The van der Waals surface area contributed by atoms with Crippen LogP contribution in [0.4, 0.5) is 11.5 Å². The Bertz CT molecular complexity index is 661. The first-order valence-electron chi connectivity index (χ1n) is 6.51. The molecule has 0 radical (unpaired) electrons. The molecule has 4 nitrogen and oxygen atoms in total. The molecule has 0 spiro atoms. The SMILES string of the molecule is CCc1nnc(Nc2ccccc2I)c(C#N)c1CC. The van der Waals surface area contributed by atoms with Crippen LogP contribution in [0.5, 0.6) is 0 Å². The van der Waals surface area contributed by atoms with E-state index in [0.717, 1.165) is 33.4 Å². The number of rotatable bonds is 4. The molecule has 2 aromatic rings. The lowest BCUT2D eigenvalue weighted by Crippen LogP contribution is -2.07. The molecule has 0 saturated carbocycles. The lowest BCUT2D eigenvalue weighted by Gasteiger charge is -2.12. The van der Waals surface area contributed by atoms with Crippen LogP contribution in [0.15, 0.2) is 24.3 Å². The second-order valence-corrected chi connectivity index (χ2v) is 5.43. The van der Waals surface area contributed by atoms with Crippen molar-refractivity contribution in [3.05, 3.63) is 44.7 Å². The van der Waals surface area contributed by atoms with Crippen LogP contribution in [0, 0.1) is 14.9 Å². The number of aryl methyl sites for hydroxylation is 1. The Morgan fingerprint density at radius 3 is 2.55 bits per heavy atom. The Balaban J connectivity index is 2.48. The predicted octanol–water partition coefficient (Wildman–Crippen LogP) is 3.82. The third kappa shape index (κ3) is 2.90. The molecule has 0 amide bonds. The van der Waals surface area contributed by atoms with E-state index in [0.29, 0.717) is 11.4 Å². The maximum Gasteiger partial charge on any atom is 0.171 e. The summed E-state index contributed by atoms with van der Waals surface area (Å²) >= 11 is 2.25. The Morgan fingerprint density at radius 2 is 1.95 bits per heavy atom. The maximum atomic E-state index is 9.44. The molecule has 0 aliphatic carbocycles. The van der Waals surface area contributed by atoms with Gasteiger partial charge in [0.2, 0.25) is 0 Å². The monoisotopic (exact) mass is 378 g/mol. The van der Waals surface area contributed by atoms with Crippen molar-refractivity contribution in [1.29, 1.82) is 5.26 Å². The van der Waals surface area contributed by atoms with Crippen LogP contribution < -0.4 is 5.32 Å². The standard InChI is InChI=1S/C15H15IN4/c1-3-10-11(9-17)15(20-19-13(10)4-2)18-14-8-6-5-7-12(14)16/h5-8H,3-4H2,1-2H3,(H,18,20). The van der Waals surface area contributed by atoms with Crippen molar-refractivity contribution in [3.8, 4) is 6.07 Å². The summed E-state index contributed by atoms with van der Waals surface area (Å²) in [6.45, 7) is 4.06. The largest absolute Gasteiger partial charge is 0.337 e. The van der Waals surface area contributed by atoms with Gasteiger partial charge in [0.05, 0.1) is 11.4 Å². The van der Waals surface area contributed by atoms with E-state index in [1.807, 2.05) is 38.1 Å². The average molecular weight is 378 g/mol. The van der Waals surface area contributed by atoms with Crippen LogP contribution in [0.25, 0.3) is 0 Å². The van der Waals surface area contributed by atoms with Crippen LogP contribution in [0.2, 0.25) is 0 Å². The Kier molecular flexibility index (Phi) is 4.90. The first-order chi connectivity index (χ1) is 9.71. The Hall–Kier alpha value is -1.68. The zero-order chi connectivity index (χ0) is 14.5. The lowest BCUT2D eigenvalue weighted by molar-refractivity contribution is 0.877. The third-order valence-corrected chi connectivity index (χ3v) is 4.03. The highest BCUT2D eigenvalue weighted by molar-refractivity contribution is 14.1. The number of nitriles is 1. The molecule has 1 aromatic carbocycles. The summed E-state index contributed by atoms with van der Waals surface area (Å²) in [6.07, 6.45) is 1.57. The van der Waals surface area contributed by atoms with E-state index >= 15 is 0 Å². The predicted molar refractivity (Wildman–Crippen MR) is 87.9 cm³/mol. The number of aromatic nitrogens is 2. The van der Waals surface area contributed by atoms with Crippen molar-refractivity contribution in [1.82, 2.24) is 10.2 Å². The molecule has 0 unspecified atom stereocenters. The van der Waals surface area contributed by atoms with Gasteiger partial charge in [0, 0.05) is 3.57 Å². The summed E-state index contributed by atoms with van der Waals surface area (Å²) in [7, 11) is 0. The molecule has 0 fully saturated rings. The summed E-state index contributed by atoms with van der Waals surface area (Å²) in [5.41, 5.74) is 3.42. The van der Waals surface area contributed by atoms with E-state index < -0.39 is 0 Å². The lowest BCUT2D eigenvalue weighted by atomic mass is 10.0. The van der Waals surface area contributed by atoms with E-state index in [4.69, 9.17) is 0 Å². The second kappa shape index (κ2) is 6.66. The van der Waals surface area contributed by atoms with Crippen LogP contribution in [0.1, 0.15) is 30.7 Å². The van der Waals surface area contributed by atoms with Gasteiger partial charge in [-0.05, 0) is 53.1 Å². The van der Waals surface area contributed by atoms with Crippen molar-refractivity contribution in [2.45, 2.75) is 26.7 Å². The van der Waals surface area contributed by atoms with Crippen LogP contribution in [0.3, 0.4) is 0 Å². The van der Waals surface area contributed by atoms with E-state index in [1.54, 1.807) is 0 Å². The second-order valence-electron chi connectivity index (χ2n) is 4.27. The van der Waals surface area contributed by atoms with Gasteiger partial charge in [-0.3, -0.25) is 0 Å². The van der Waals surface area contributed by atoms with Crippen LogP contribution in [-0.2, 0) is 12.8 Å². The van der Waals surface area contributed by atoms with Crippen LogP contribution >= 0.6 is 22.6 Å². The summed E-state index contributed by atoms with van der Waals surface area (Å²) < 4.78 is 1.08. The molecule has 5 heteroatoms. The van der Waals surface area contributed by atoms with E-state index in [-0.39, 0.29) is 0 Å². The number of nitrogens with zero attached hydrogens (tertiary/aromatic N) is 3. The molecule has 0 saturated heterocycles. The van der Waals surface area contributed by atoms with Crippen molar-refractivity contribution in [3.63, 3.8) is 0 Å². The van der Waals surface area contributed by atoms with Gasteiger partial charge >= 0.3 is 0 Å². The first-order valence-corrected chi connectivity index (χ1v) is 7.59. The van der Waals surface area contributed by atoms with Gasteiger partial charge in [0.25, 0.3) is 0 Å². The topological polar surface area (TPSA) is 61.6 Å². The van der Waals surface area contributed by atoms with Crippen LogP contribution in [-0.4, -0.2) is 10.2 Å². The van der Waals surface area contributed by atoms with Crippen molar-refractivity contribution in [2.24, 2.45) is 0 Å². The number of hydrogen-bond donors (Lipinski definition) is 1. The fourth-order valence-corrected chi connectivity index (χ4v) is 2.59. The van der Waals surface area contributed by atoms with E-state index in [9.17, 15) is 5.26 Å². The summed E-state index contributed by atoms with van der Waals surface area (Å²) in [6, 6.07) is 10.2. The minimum atomic E-state index is 0.533.